The van der Waals surface area contributed by atoms with Gasteiger partial charge in [0.2, 0.25) is 5.91 Å². The van der Waals surface area contributed by atoms with E-state index in [2.05, 4.69) is 10.4 Å². The Labute approximate surface area is 155 Å². The van der Waals surface area contributed by atoms with Gasteiger partial charge in [-0.05, 0) is 48.4 Å². The summed E-state index contributed by atoms with van der Waals surface area (Å²) in [6.07, 6.45) is 2.23. The van der Waals surface area contributed by atoms with Crippen molar-refractivity contribution >= 4 is 17.5 Å². The fourth-order valence-electron chi connectivity index (χ4n) is 2.81. The Bertz CT molecular complexity index is 963. The molecule has 1 aromatic heterocycles. The minimum Gasteiger partial charge on any atom is -0.369 e. The molecular formula is C20H19FN4O2. The first-order valence-corrected chi connectivity index (χ1v) is 8.49. The molecule has 0 atom stereocenters. The number of carbonyl (C=O) groups is 2. The summed E-state index contributed by atoms with van der Waals surface area (Å²) < 4.78 is 14.8. The fraction of sp³-hybridized carbons (Fsp3) is 0.150. The van der Waals surface area contributed by atoms with Crippen LogP contribution in [0.3, 0.4) is 0 Å². The summed E-state index contributed by atoms with van der Waals surface area (Å²) in [6, 6.07) is 12.8. The Kier molecular flexibility index (Phi) is 5.30. The highest BCUT2D eigenvalue weighted by Crippen LogP contribution is 2.18. The summed E-state index contributed by atoms with van der Waals surface area (Å²) in [5.74, 6) is -1.03. The molecule has 0 fully saturated rings. The molecule has 0 aliphatic rings. The quantitative estimate of drug-likeness (QED) is 0.703. The number of amides is 2. The molecule has 6 nitrogen and oxygen atoms in total. The minimum absolute atomic E-state index is 0.151. The summed E-state index contributed by atoms with van der Waals surface area (Å²) in [4.78, 5) is 23.6. The lowest BCUT2D eigenvalue weighted by Gasteiger charge is -2.09. The van der Waals surface area contributed by atoms with E-state index in [1.165, 1.54) is 18.3 Å². The van der Waals surface area contributed by atoms with Gasteiger partial charge in [0.05, 0.1) is 29.6 Å². The molecule has 0 unspecified atom stereocenters. The second-order valence-corrected chi connectivity index (χ2v) is 6.04. The number of hydrogen-bond acceptors (Lipinski definition) is 3. The van der Waals surface area contributed by atoms with Gasteiger partial charge in [-0.15, -0.1) is 0 Å². The fourth-order valence-corrected chi connectivity index (χ4v) is 2.81. The van der Waals surface area contributed by atoms with Crippen molar-refractivity contribution in [1.82, 2.24) is 9.78 Å². The highest BCUT2D eigenvalue weighted by atomic mass is 19.1. The third-order valence-corrected chi connectivity index (χ3v) is 4.11. The average Bonchev–Trinajstić information content (AvgIpc) is 3.07. The Hall–Kier alpha value is -3.48. The molecule has 0 saturated heterocycles. The Morgan fingerprint density at radius 1 is 1.11 bits per heavy atom. The normalized spacial score (nSPS) is 10.6. The van der Waals surface area contributed by atoms with Crippen molar-refractivity contribution in [2.45, 2.75) is 19.8 Å². The van der Waals surface area contributed by atoms with Gasteiger partial charge in [-0.2, -0.15) is 5.10 Å². The van der Waals surface area contributed by atoms with Crippen LogP contribution in [0.15, 0.2) is 54.7 Å². The summed E-state index contributed by atoms with van der Waals surface area (Å²) in [5, 5.41) is 7.10. The van der Waals surface area contributed by atoms with Crippen LogP contribution in [0.5, 0.6) is 0 Å². The number of nitrogens with two attached hydrogens (primary N) is 1. The number of anilines is 1. The number of aromatic nitrogens is 2. The largest absolute Gasteiger partial charge is 0.369 e. The first-order chi connectivity index (χ1) is 13.0. The second kappa shape index (κ2) is 7.82. The minimum atomic E-state index is -0.410. The van der Waals surface area contributed by atoms with Crippen molar-refractivity contribution in [3.63, 3.8) is 0 Å². The zero-order valence-corrected chi connectivity index (χ0v) is 14.8. The van der Waals surface area contributed by atoms with Gasteiger partial charge < -0.3 is 11.1 Å². The predicted molar refractivity (Wildman–Crippen MR) is 100 cm³/mol. The number of halogens is 1. The molecule has 0 bridgehead atoms. The zero-order valence-electron chi connectivity index (χ0n) is 14.8. The number of hydrogen-bond donors (Lipinski definition) is 2. The van der Waals surface area contributed by atoms with Gasteiger partial charge in [0.25, 0.3) is 5.91 Å². The van der Waals surface area contributed by atoms with Crippen LogP contribution in [0, 0.1) is 5.82 Å². The van der Waals surface area contributed by atoms with Gasteiger partial charge in [0.1, 0.15) is 5.82 Å². The smallest absolute Gasteiger partial charge is 0.259 e. The molecule has 3 rings (SSSR count). The lowest BCUT2D eigenvalue weighted by molar-refractivity contribution is -0.117. The van der Waals surface area contributed by atoms with Gasteiger partial charge >= 0.3 is 0 Å². The maximum Gasteiger partial charge on any atom is 0.259 e. The first-order valence-electron chi connectivity index (χ1n) is 8.49. The molecule has 0 aliphatic carbocycles. The van der Waals surface area contributed by atoms with Crippen LogP contribution >= 0.6 is 0 Å². The number of nitrogens with one attached hydrogen (secondary N) is 1. The van der Waals surface area contributed by atoms with Crippen molar-refractivity contribution < 1.29 is 14.0 Å². The van der Waals surface area contributed by atoms with Crippen molar-refractivity contribution in [3.8, 4) is 5.69 Å². The van der Waals surface area contributed by atoms with Crippen molar-refractivity contribution in [3.05, 3.63) is 77.4 Å². The molecule has 0 radical (unpaired) electrons. The van der Waals surface area contributed by atoms with Gasteiger partial charge in [0.15, 0.2) is 0 Å². The van der Waals surface area contributed by atoms with E-state index in [-0.39, 0.29) is 18.1 Å². The first kappa shape index (κ1) is 18.3. The monoisotopic (exact) mass is 366 g/mol. The van der Waals surface area contributed by atoms with Crippen LogP contribution in [-0.2, 0) is 17.6 Å². The standard InChI is InChI=1S/C20H19FN4O2/c1-2-18-17(12-23-25(18)16-9-5-14(21)6-10-16)20(27)24-15-7-3-13(4-8-15)11-19(22)26/h3-10,12H,2,11H2,1H3,(H2,22,26)(H,24,27). The molecule has 0 spiro atoms. The number of benzene rings is 2. The predicted octanol–water partition coefficient (Wildman–Crippen LogP) is 2.85. The Morgan fingerprint density at radius 2 is 1.78 bits per heavy atom. The lowest BCUT2D eigenvalue weighted by Crippen LogP contribution is -2.15. The molecule has 27 heavy (non-hydrogen) atoms. The number of carbonyl (C=O) groups excluding carboxylic acids is 2. The number of rotatable bonds is 6. The molecule has 3 aromatic rings. The zero-order chi connectivity index (χ0) is 19.4. The van der Waals surface area contributed by atoms with Crippen LogP contribution in [-0.4, -0.2) is 21.6 Å². The van der Waals surface area contributed by atoms with E-state index < -0.39 is 5.91 Å². The molecule has 0 aliphatic heterocycles. The van der Waals surface area contributed by atoms with E-state index in [0.717, 1.165) is 11.3 Å². The van der Waals surface area contributed by atoms with Crippen LogP contribution < -0.4 is 11.1 Å². The summed E-state index contributed by atoms with van der Waals surface area (Å²) in [7, 11) is 0. The maximum absolute atomic E-state index is 13.1. The molecule has 138 valence electrons. The van der Waals surface area contributed by atoms with Crippen LogP contribution in [0.25, 0.3) is 5.69 Å². The van der Waals surface area contributed by atoms with Crippen molar-refractivity contribution in [1.29, 1.82) is 0 Å². The van der Waals surface area contributed by atoms with E-state index in [4.69, 9.17) is 5.73 Å². The van der Waals surface area contributed by atoms with Gasteiger partial charge in [0, 0.05) is 5.69 Å². The molecule has 7 heteroatoms. The van der Waals surface area contributed by atoms with E-state index in [1.807, 2.05) is 6.92 Å². The number of nitrogens with zero attached hydrogens (tertiary/aromatic N) is 2. The van der Waals surface area contributed by atoms with Gasteiger partial charge in [-0.25, -0.2) is 9.07 Å². The highest BCUT2D eigenvalue weighted by molar-refractivity contribution is 6.05. The van der Waals surface area contributed by atoms with Crippen LogP contribution in [0.4, 0.5) is 10.1 Å². The van der Waals surface area contributed by atoms with E-state index in [0.29, 0.717) is 23.4 Å². The van der Waals surface area contributed by atoms with E-state index >= 15 is 0 Å². The van der Waals surface area contributed by atoms with Crippen LogP contribution in [0.2, 0.25) is 0 Å². The van der Waals surface area contributed by atoms with Gasteiger partial charge in [-0.3, -0.25) is 9.59 Å². The van der Waals surface area contributed by atoms with Gasteiger partial charge in [-0.1, -0.05) is 19.1 Å². The lowest BCUT2D eigenvalue weighted by atomic mass is 10.1. The number of primary amides is 1. The third-order valence-electron chi connectivity index (χ3n) is 4.11. The van der Waals surface area contributed by atoms with Crippen molar-refractivity contribution in [2.75, 3.05) is 5.32 Å². The average molecular weight is 366 g/mol. The highest BCUT2D eigenvalue weighted by Gasteiger charge is 2.17. The van der Waals surface area contributed by atoms with E-state index in [9.17, 15) is 14.0 Å². The molecular weight excluding hydrogens is 347 g/mol. The summed E-state index contributed by atoms with van der Waals surface area (Å²) in [5.41, 5.74) is 8.41. The summed E-state index contributed by atoms with van der Waals surface area (Å²) in [6.45, 7) is 1.92. The van der Waals surface area contributed by atoms with E-state index in [1.54, 1.807) is 41.1 Å². The molecule has 1 heterocycles. The molecule has 3 N–H and O–H groups in total. The molecule has 2 aromatic carbocycles. The van der Waals surface area contributed by atoms with Crippen molar-refractivity contribution in [2.24, 2.45) is 5.73 Å². The second-order valence-electron chi connectivity index (χ2n) is 6.04. The van der Waals surface area contributed by atoms with Crippen LogP contribution in [0.1, 0.15) is 28.5 Å². The Balaban J connectivity index is 1.80. The topological polar surface area (TPSA) is 90.0 Å². The third kappa shape index (κ3) is 4.20. The molecule has 0 saturated carbocycles. The maximum atomic E-state index is 13.1. The molecule has 2 amide bonds. The Morgan fingerprint density at radius 3 is 2.37 bits per heavy atom. The SMILES string of the molecule is CCc1c(C(=O)Nc2ccc(CC(N)=O)cc2)cnn1-c1ccc(F)cc1. The summed E-state index contributed by atoms with van der Waals surface area (Å²) >= 11 is 0.